The van der Waals surface area contributed by atoms with Gasteiger partial charge in [-0.2, -0.15) is 0 Å². The van der Waals surface area contributed by atoms with Gasteiger partial charge in [0.25, 0.3) is 0 Å². The van der Waals surface area contributed by atoms with Crippen LogP contribution in [0, 0.1) is 0 Å². The topological polar surface area (TPSA) is 41.6 Å². The Bertz CT molecular complexity index is 876. The maximum atomic E-state index is 13.5. The fourth-order valence-corrected chi connectivity index (χ4v) is 5.35. The Labute approximate surface area is 197 Å². The van der Waals surface area contributed by atoms with E-state index in [1.54, 1.807) is 0 Å². The van der Waals surface area contributed by atoms with Gasteiger partial charge < -0.3 is 10.1 Å². The number of anilines is 1. The summed E-state index contributed by atoms with van der Waals surface area (Å²) in [6, 6.07) is 16.2. The van der Waals surface area contributed by atoms with Gasteiger partial charge in [0.1, 0.15) is 12.4 Å². The number of nitrogens with one attached hydrogen (secondary N) is 1. The molecule has 1 saturated carbocycles. The normalized spacial score (nSPS) is 21.1. The molecule has 1 atom stereocenters. The highest BCUT2D eigenvalue weighted by Crippen LogP contribution is 2.41. The molecule has 5 heteroatoms. The Morgan fingerprint density at radius 3 is 2.44 bits per heavy atom. The number of rotatable bonds is 7. The number of benzene rings is 2. The Hall–Kier alpha value is -2.04. The number of piperidine rings is 1. The minimum absolute atomic E-state index is 0.0762. The fourth-order valence-electron chi connectivity index (χ4n) is 5.23. The second kappa shape index (κ2) is 10.7. The largest absolute Gasteiger partial charge is 0.492 e. The smallest absolute Gasteiger partial charge is 0.235 e. The predicted molar refractivity (Wildman–Crippen MR) is 132 cm³/mol. The first-order valence-electron chi connectivity index (χ1n) is 12.1. The summed E-state index contributed by atoms with van der Waals surface area (Å²) < 4.78 is 5.97. The number of amides is 1. The van der Waals surface area contributed by atoms with Crippen molar-refractivity contribution in [3.8, 4) is 5.75 Å². The molecule has 172 valence electrons. The van der Waals surface area contributed by atoms with Crippen LogP contribution >= 0.6 is 11.6 Å². The van der Waals surface area contributed by atoms with E-state index in [0.29, 0.717) is 17.7 Å². The van der Waals surface area contributed by atoms with Gasteiger partial charge in [0.15, 0.2) is 0 Å². The molecular formula is C27H35ClN2O2. The van der Waals surface area contributed by atoms with Crippen LogP contribution in [0.5, 0.6) is 5.75 Å². The summed E-state index contributed by atoms with van der Waals surface area (Å²) in [6.45, 7) is 5.13. The summed E-state index contributed by atoms with van der Waals surface area (Å²) in [4.78, 5) is 16.0. The Morgan fingerprint density at radius 1 is 1.03 bits per heavy atom. The van der Waals surface area contributed by atoms with Gasteiger partial charge in [-0.25, -0.2) is 0 Å². The first-order valence-corrected chi connectivity index (χ1v) is 12.5. The first kappa shape index (κ1) is 23.1. The van der Waals surface area contributed by atoms with Gasteiger partial charge in [-0.05, 0) is 81.1 Å². The summed E-state index contributed by atoms with van der Waals surface area (Å²) in [7, 11) is 0. The van der Waals surface area contributed by atoms with E-state index in [9.17, 15) is 4.79 Å². The maximum Gasteiger partial charge on any atom is 0.235 e. The number of likely N-dealkylation sites (tertiary alicyclic amines) is 1. The third-order valence-electron chi connectivity index (χ3n) is 7.24. The fraction of sp³-hybridized carbons (Fsp3) is 0.519. The summed E-state index contributed by atoms with van der Waals surface area (Å²) in [5.74, 6) is 0.921. The number of halogens is 1. The second-order valence-electron chi connectivity index (χ2n) is 9.36. The van der Waals surface area contributed by atoms with Gasteiger partial charge in [0.05, 0.1) is 5.41 Å². The van der Waals surface area contributed by atoms with E-state index in [1.165, 1.54) is 32.2 Å². The number of carbonyl (C=O) groups excluding carboxylic acids is 1. The Balaban J connectivity index is 1.36. The summed E-state index contributed by atoms with van der Waals surface area (Å²) in [6.07, 6.45) is 8.97. The molecule has 4 nitrogen and oxygen atoms in total. The van der Waals surface area contributed by atoms with Gasteiger partial charge in [0, 0.05) is 23.3 Å². The molecule has 2 fully saturated rings. The zero-order valence-corrected chi connectivity index (χ0v) is 19.9. The van der Waals surface area contributed by atoms with Gasteiger partial charge >= 0.3 is 0 Å². The number of carbonyl (C=O) groups is 1. The molecule has 32 heavy (non-hydrogen) atoms. The molecule has 1 saturated heterocycles. The maximum absolute atomic E-state index is 13.5. The van der Waals surface area contributed by atoms with Gasteiger partial charge in [-0.15, -0.1) is 0 Å². The van der Waals surface area contributed by atoms with Crippen LogP contribution < -0.4 is 10.1 Å². The van der Waals surface area contributed by atoms with Gasteiger partial charge in [-0.3, -0.25) is 9.69 Å². The second-order valence-corrected chi connectivity index (χ2v) is 9.79. The number of nitrogens with zero attached hydrogens (tertiary/aromatic N) is 1. The van der Waals surface area contributed by atoms with Crippen molar-refractivity contribution >= 4 is 23.2 Å². The molecule has 1 amide bonds. The van der Waals surface area contributed by atoms with Crippen molar-refractivity contribution in [2.45, 2.75) is 69.7 Å². The number of hydrogen-bond donors (Lipinski definition) is 1. The molecule has 1 aliphatic heterocycles. The lowest BCUT2D eigenvalue weighted by Crippen LogP contribution is -2.42. The Kier molecular flexibility index (Phi) is 7.75. The predicted octanol–water partition coefficient (Wildman–Crippen LogP) is 6.43. The molecule has 1 heterocycles. The highest BCUT2D eigenvalue weighted by Gasteiger charge is 2.41. The minimum atomic E-state index is -0.483. The van der Waals surface area contributed by atoms with Crippen LogP contribution in [0.4, 0.5) is 5.69 Å². The minimum Gasteiger partial charge on any atom is -0.492 e. The molecule has 2 aromatic carbocycles. The van der Waals surface area contributed by atoms with Crippen LogP contribution in [0.3, 0.4) is 0 Å². The standard InChI is InChI=1S/C27H35ClN2O2/c1-21-7-3-6-18-30(21)19-20-32-25-14-12-24(13-15-25)29-26(31)27(16-4-2-5-17-27)22-8-10-23(28)11-9-22/h8-15,21H,2-7,16-20H2,1H3,(H,29,31)/t21-/m1/s1. The average molecular weight is 455 g/mol. The summed E-state index contributed by atoms with van der Waals surface area (Å²) in [5.41, 5.74) is 1.39. The average Bonchev–Trinajstić information content (AvgIpc) is 2.82. The van der Waals surface area contributed by atoms with Crippen LogP contribution in [0.25, 0.3) is 0 Å². The summed E-state index contributed by atoms with van der Waals surface area (Å²) in [5, 5.41) is 3.87. The highest BCUT2D eigenvalue weighted by atomic mass is 35.5. The molecule has 0 bridgehead atoms. The van der Waals surface area contributed by atoms with E-state index in [1.807, 2.05) is 48.5 Å². The highest BCUT2D eigenvalue weighted by molar-refractivity contribution is 6.30. The number of hydrogen-bond acceptors (Lipinski definition) is 3. The summed E-state index contributed by atoms with van der Waals surface area (Å²) >= 11 is 6.09. The van der Waals surface area contributed by atoms with Crippen molar-refractivity contribution in [2.75, 3.05) is 25.0 Å². The van der Waals surface area contributed by atoms with E-state index < -0.39 is 5.41 Å². The van der Waals surface area contributed by atoms with Crippen LogP contribution in [0.1, 0.15) is 63.9 Å². The SMILES string of the molecule is C[C@@H]1CCCCN1CCOc1ccc(NC(=O)C2(c3ccc(Cl)cc3)CCCCC2)cc1. The van der Waals surface area contributed by atoms with Crippen LogP contribution in [0.15, 0.2) is 48.5 Å². The zero-order chi connectivity index (χ0) is 22.4. The van der Waals surface area contributed by atoms with E-state index in [4.69, 9.17) is 16.3 Å². The van der Waals surface area contributed by atoms with Crippen LogP contribution in [0.2, 0.25) is 5.02 Å². The monoisotopic (exact) mass is 454 g/mol. The van der Waals surface area contributed by atoms with Crippen molar-refractivity contribution < 1.29 is 9.53 Å². The molecule has 1 aliphatic carbocycles. The van der Waals surface area contributed by atoms with E-state index in [2.05, 4.69) is 17.1 Å². The van der Waals surface area contributed by atoms with E-state index in [-0.39, 0.29) is 5.91 Å². The van der Waals surface area contributed by atoms with Crippen LogP contribution in [-0.2, 0) is 10.2 Å². The molecule has 2 aromatic rings. The number of ether oxygens (including phenoxy) is 1. The third kappa shape index (κ3) is 5.47. The molecule has 4 rings (SSSR count). The Morgan fingerprint density at radius 2 is 1.75 bits per heavy atom. The molecule has 0 aromatic heterocycles. The third-order valence-corrected chi connectivity index (χ3v) is 7.49. The van der Waals surface area contributed by atoms with Crippen molar-refractivity contribution in [1.82, 2.24) is 4.90 Å². The van der Waals surface area contributed by atoms with Crippen molar-refractivity contribution in [2.24, 2.45) is 0 Å². The lowest BCUT2D eigenvalue weighted by Gasteiger charge is -2.36. The lowest BCUT2D eigenvalue weighted by molar-refractivity contribution is -0.122. The molecule has 0 unspecified atom stereocenters. The molecular weight excluding hydrogens is 420 g/mol. The lowest BCUT2D eigenvalue weighted by atomic mass is 9.68. The van der Waals surface area contributed by atoms with Crippen LogP contribution in [-0.4, -0.2) is 36.5 Å². The van der Waals surface area contributed by atoms with E-state index in [0.717, 1.165) is 49.2 Å². The molecule has 0 radical (unpaired) electrons. The van der Waals surface area contributed by atoms with Gasteiger partial charge in [-0.1, -0.05) is 49.4 Å². The van der Waals surface area contributed by atoms with Crippen molar-refractivity contribution in [1.29, 1.82) is 0 Å². The van der Waals surface area contributed by atoms with E-state index >= 15 is 0 Å². The first-order chi connectivity index (χ1) is 15.6. The van der Waals surface area contributed by atoms with Crippen molar-refractivity contribution in [3.63, 3.8) is 0 Å². The van der Waals surface area contributed by atoms with Gasteiger partial charge in [0.2, 0.25) is 5.91 Å². The van der Waals surface area contributed by atoms with Crippen molar-refractivity contribution in [3.05, 3.63) is 59.1 Å². The molecule has 2 aliphatic rings. The zero-order valence-electron chi connectivity index (χ0n) is 19.1. The molecule has 1 N–H and O–H groups in total. The quantitative estimate of drug-likeness (QED) is 0.523. The molecule has 0 spiro atoms.